The zero-order valence-corrected chi connectivity index (χ0v) is 18.9. The molecule has 5 aromatic rings. The lowest BCUT2D eigenvalue weighted by molar-refractivity contribution is -0.110. The predicted molar refractivity (Wildman–Crippen MR) is 139 cm³/mol. The van der Waals surface area contributed by atoms with Crippen molar-refractivity contribution in [2.75, 3.05) is 10.6 Å². The maximum Gasteiger partial charge on any atom is 0.256 e. The molecule has 8 nitrogen and oxygen atoms in total. The van der Waals surface area contributed by atoms with E-state index in [1.165, 1.54) is 0 Å². The summed E-state index contributed by atoms with van der Waals surface area (Å²) in [6.45, 7) is 0. The first kappa shape index (κ1) is 21.1. The van der Waals surface area contributed by atoms with Crippen molar-refractivity contribution >= 4 is 34.6 Å². The van der Waals surface area contributed by atoms with E-state index in [9.17, 15) is 4.79 Å². The summed E-state index contributed by atoms with van der Waals surface area (Å²) in [4.78, 5) is 20.2. The number of carbonyl (C=O) groups excluding carboxylic acids is 1. The lowest BCUT2D eigenvalue weighted by Crippen LogP contribution is -2.03. The van der Waals surface area contributed by atoms with Gasteiger partial charge < -0.3 is 15.6 Å². The number of anilines is 3. The molecule has 0 bridgehead atoms. The number of aromatic nitrogens is 4. The van der Waals surface area contributed by atoms with Crippen LogP contribution in [0, 0.1) is 11.3 Å². The minimum Gasteiger partial charge on any atom is -0.360 e. The molecule has 0 fully saturated rings. The fourth-order valence-electron chi connectivity index (χ4n) is 4.15. The van der Waals surface area contributed by atoms with Crippen molar-refractivity contribution < 1.29 is 4.79 Å². The van der Waals surface area contributed by atoms with Gasteiger partial charge in [-0.3, -0.25) is 9.89 Å². The SMILES string of the molecule is N#Cc1c[nH]c(C=C2C(=O)Nc3cc(Nc4cccc(-c5n[nH]c(-c6ccccc6)n5)c4)ccc32)c1. The molecule has 0 aliphatic carbocycles. The summed E-state index contributed by atoms with van der Waals surface area (Å²) < 4.78 is 0. The van der Waals surface area contributed by atoms with Crippen LogP contribution in [0.4, 0.5) is 17.1 Å². The summed E-state index contributed by atoms with van der Waals surface area (Å²) in [5, 5.41) is 22.7. The molecular weight excluding hydrogens is 450 g/mol. The molecular formula is C28H19N7O. The van der Waals surface area contributed by atoms with Gasteiger partial charge in [0.05, 0.1) is 16.8 Å². The molecule has 0 saturated carbocycles. The molecule has 1 amide bonds. The van der Waals surface area contributed by atoms with Crippen LogP contribution >= 0.6 is 0 Å². The van der Waals surface area contributed by atoms with Gasteiger partial charge in [0, 0.05) is 40.0 Å². The second-order valence-electron chi connectivity index (χ2n) is 8.31. The molecule has 2 aromatic heterocycles. The van der Waals surface area contributed by atoms with Gasteiger partial charge >= 0.3 is 0 Å². The van der Waals surface area contributed by atoms with Crippen molar-refractivity contribution in [2.45, 2.75) is 0 Å². The summed E-state index contributed by atoms with van der Waals surface area (Å²) in [6, 6.07) is 27.2. The first-order valence-electron chi connectivity index (χ1n) is 11.3. The number of nitrogens with zero attached hydrogens (tertiary/aromatic N) is 3. The Morgan fingerprint density at radius 3 is 2.58 bits per heavy atom. The summed E-state index contributed by atoms with van der Waals surface area (Å²) in [7, 11) is 0. The maximum absolute atomic E-state index is 12.6. The highest BCUT2D eigenvalue weighted by Gasteiger charge is 2.24. The van der Waals surface area contributed by atoms with Crippen molar-refractivity contribution in [1.82, 2.24) is 20.2 Å². The van der Waals surface area contributed by atoms with Gasteiger partial charge in [-0.05, 0) is 36.4 Å². The second kappa shape index (κ2) is 8.74. The van der Waals surface area contributed by atoms with Crippen LogP contribution in [0.5, 0.6) is 0 Å². The molecule has 1 aliphatic rings. The van der Waals surface area contributed by atoms with E-state index in [4.69, 9.17) is 5.26 Å². The van der Waals surface area contributed by atoms with Crippen LogP contribution < -0.4 is 10.6 Å². The average molecular weight is 470 g/mol. The number of rotatable bonds is 5. The molecule has 6 rings (SSSR count). The zero-order chi connectivity index (χ0) is 24.5. The first-order valence-corrected chi connectivity index (χ1v) is 11.3. The summed E-state index contributed by atoms with van der Waals surface area (Å²) in [5.41, 5.74) is 6.84. The Hall–Kier alpha value is -5.42. The van der Waals surface area contributed by atoms with E-state index in [-0.39, 0.29) is 5.91 Å². The van der Waals surface area contributed by atoms with Gasteiger partial charge in [-0.1, -0.05) is 48.5 Å². The fourth-order valence-corrected chi connectivity index (χ4v) is 4.15. The van der Waals surface area contributed by atoms with E-state index in [0.717, 1.165) is 33.8 Å². The summed E-state index contributed by atoms with van der Waals surface area (Å²) in [6.07, 6.45) is 3.36. The number of nitrogens with one attached hydrogen (secondary N) is 4. The van der Waals surface area contributed by atoms with Crippen LogP contribution in [0.25, 0.3) is 34.4 Å². The third-order valence-electron chi connectivity index (χ3n) is 5.88. The zero-order valence-electron chi connectivity index (χ0n) is 18.9. The topological polar surface area (TPSA) is 122 Å². The van der Waals surface area contributed by atoms with Crippen LogP contribution in [-0.4, -0.2) is 26.1 Å². The molecule has 36 heavy (non-hydrogen) atoms. The Kier molecular flexibility index (Phi) is 5.13. The van der Waals surface area contributed by atoms with E-state index in [2.05, 4.69) is 36.9 Å². The Bertz CT molecular complexity index is 1670. The lowest BCUT2D eigenvalue weighted by Gasteiger charge is -2.09. The molecule has 172 valence electrons. The standard InChI is InChI=1S/C28H19N7O/c29-15-17-11-22(30-16-17)13-24-23-10-9-21(14-25(23)32-28(24)36)31-20-8-4-7-19(12-20)27-33-26(34-35-27)18-5-2-1-3-6-18/h1-14,16,30-31H,(H,32,36)(H,33,34,35). The largest absolute Gasteiger partial charge is 0.360 e. The first-order chi connectivity index (χ1) is 17.7. The van der Waals surface area contributed by atoms with Crippen molar-refractivity contribution in [3.05, 3.63) is 102 Å². The van der Waals surface area contributed by atoms with Gasteiger partial charge in [-0.2, -0.15) is 10.4 Å². The van der Waals surface area contributed by atoms with Crippen LogP contribution in [0.1, 0.15) is 16.8 Å². The summed E-state index contributed by atoms with van der Waals surface area (Å²) in [5.74, 6) is 1.14. The number of H-pyrrole nitrogens is 2. The molecule has 3 heterocycles. The molecule has 1 aliphatic heterocycles. The molecule has 4 N–H and O–H groups in total. The fraction of sp³-hybridized carbons (Fsp3) is 0. The molecule has 3 aromatic carbocycles. The number of aromatic amines is 2. The predicted octanol–water partition coefficient (Wildman–Crippen LogP) is 5.57. The van der Waals surface area contributed by atoms with Crippen molar-refractivity contribution in [3.8, 4) is 28.8 Å². The third-order valence-corrected chi connectivity index (χ3v) is 5.88. The van der Waals surface area contributed by atoms with Crippen molar-refractivity contribution in [2.24, 2.45) is 0 Å². The van der Waals surface area contributed by atoms with Crippen LogP contribution in [-0.2, 0) is 4.79 Å². The molecule has 8 heteroatoms. The van der Waals surface area contributed by atoms with Gasteiger partial charge in [0.25, 0.3) is 5.91 Å². The molecule has 0 spiro atoms. The molecule has 0 unspecified atom stereocenters. The highest BCUT2D eigenvalue weighted by molar-refractivity contribution is 6.35. The number of hydrogen-bond acceptors (Lipinski definition) is 5. The van der Waals surface area contributed by atoms with Gasteiger partial charge in [-0.25, -0.2) is 4.98 Å². The van der Waals surface area contributed by atoms with E-state index < -0.39 is 0 Å². The maximum atomic E-state index is 12.6. The number of nitriles is 1. The monoisotopic (exact) mass is 469 g/mol. The van der Waals surface area contributed by atoms with Crippen LogP contribution in [0.3, 0.4) is 0 Å². The quantitative estimate of drug-likeness (QED) is 0.251. The minimum absolute atomic E-state index is 0.184. The molecule has 0 saturated heterocycles. The number of fused-ring (bicyclic) bond motifs is 1. The minimum atomic E-state index is -0.184. The third kappa shape index (κ3) is 4.02. The smallest absolute Gasteiger partial charge is 0.256 e. The normalized spacial score (nSPS) is 13.3. The Balaban J connectivity index is 1.23. The van der Waals surface area contributed by atoms with E-state index in [1.807, 2.05) is 72.8 Å². The Morgan fingerprint density at radius 2 is 1.75 bits per heavy atom. The second-order valence-corrected chi connectivity index (χ2v) is 8.31. The summed E-state index contributed by atoms with van der Waals surface area (Å²) >= 11 is 0. The average Bonchev–Trinajstić information content (AvgIpc) is 3.64. The molecule has 0 atom stereocenters. The number of amides is 1. The van der Waals surface area contributed by atoms with Gasteiger partial charge in [0.2, 0.25) is 0 Å². The van der Waals surface area contributed by atoms with Gasteiger partial charge in [-0.15, -0.1) is 0 Å². The van der Waals surface area contributed by atoms with Crippen LogP contribution in [0.15, 0.2) is 85.1 Å². The highest BCUT2D eigenvalue weighted by atomic mass is 16.2. The van der Waals surface area contributed by atoms with Gasteiger partial charge in [0.15, 0.2) is 11.6 Å². The Morgan fingerprint density at radius 1 is 0.917 bits per heavy atom. The van der Waals surface area contributed by atoms with Crippen LogP contribution in [0.2, 0.25) is 0 Å². The van der Waals surface area contributed by atoms with Gasteiger partial charge in [0.1, 0.15) is 6.07 Å². The lowest BCUT2D eigenvalue weighted by atomic mass is 10.1. The van der Waals surface area contributed by atoms with E-state index in [0.29, 0.717) is 28.5 Å². The number of carbonyl (C=O) groups is 1. The van der Waals surface area contributed by atoms with E-state index in [1.54, 1.807) is 18.3 Å². The van der Waals surface area contributed by atoms with E-state index >= 15 is 0 Å². The Labute approximate surface area is 206 Å². The number of hydrogen-bond donors (Lipinski definition) is 4. The van der Waals surface area contributed by atoms with Crippen molar-refractivity contribution in [3.63, 3.8) is 0 Å². The number of benzene rings is 3. The molecule has 0 radical (unpaired) electrons. The highest BCUT2D eigenvalue weighted by Crippen LogP contribution is 2.36. The van der Waals surface area contributed by atoms with Crippen molar-refractivity contribution in [1.29, 1.82) is 5.26 Å².